The fourth-order valence-electron chi connectivity index (χ4n) is 1.40. The van der Waals surface area contributed by atoms with Gasteiger partial charge in [0.2, 0.25) is 5.78 Å². The van der Waals surface area contributed by atoms with E-state index in [1.54, 1.807) is 24.3 Å². The summed E-state index contributed by atoms with van der Waals surface area (Å²) in [5.41, 5.74) is 0.910. The topological polar surface area (TPSA) is 43.4 Å². The molecule has 3 nitrogen and oxygen atoms in total. The molecule has 1 aromatic heterocycles. The molecule has 0 N–H and O–H groups in total. The molecule has 98 valence electrons. The highest BCUT2D eigenvalue weighted by Crippen LogP contribution is 2.31. The second-order valence-electron chi connectivity index (χ2n) is 3.64. The third-order valence-corrected chi connectivity index (χ3v) is 3.83. The number of aldehydes is 1. The number of benzene rings is 1. The van der Waals surface area contributed by atoms with Gasteiger partial charge in [-0.25, -0.2) is 0 Å². The molecular formula is C13H8Cl2O3S. The van der Waals surface area contributed by atoms with Gasteiger partial charge in [-0.15, -0.1) is 11.3 Å². The number of rotatable bonds is 5. The van der Waals surface area contributed by atoms with Crippen LogP contribution < -0.4 is 4.74 Å². The van der Waals surface area contributed by atoms with Gasteiger partial charge in [-0.2, -0.15) is 0 Å². The molecule has 2 rings (SSSR count). The lowest BCUT2D eigenvalue weighted by molar-refractivity contribution is 0.0921. The summed E-state index contributed by atoms with van der Waals surface area (Å²) in [6, 6.07) is 8.00. The van der Waals surface area contributed by atoms with Gasteiger partial charge in [-0.3, -0.25) is 9.59 Å². The Morgan fingerprint density at radius 2 is 1.95 bits per heavy atom. The maximum absolute atomic E-state index is 11.9. The fraction of sp³-hybridized carbons (Fsp3) is 0.0769. The van der Waals surface area contributed by atoms with Gasteiger partial charge in [-0.1, -0.05) is 23.2 Å². The molecule has 0 amide bonds. The van der Waals surface area contributed by atoms with Crippen LogP contribution in [0.15, 0.2) is 30.3 Å². The Morgan fingerprint density at radius 1 is 1.26 bits per heavy atom. The maximum Gasteiger partial charge on any atom is 0.202 e. The molecule has 0 saturated carbocycles. The second kappa shape index (κ2) is 6.19. The van der Waals surface area contributed by atoms with Crippen molar-refractivity contribution in [2.45, 2.75) is 0 Å². The summed E-state index contributed by atoms with van der Waals surface area (Å²) in [5.74, 6) is 0.268. The summed E-state index contributed by atoms with van der Waals surface area (Å²) < 4.78 is 6.14. The van der Waals surface area contributed by atoms with Crippen LogP contribution >= 0.6 is 34.5 Å². The van der Waals surface area contributed by atoms with Gasteiger partial charge >= 0.3 is 0 Å². The van der Waals surface area contributed by atoms with Crippen LogP contribution in [0.3, 0.4) is 0 Å². The highest BCUT2D eigenvalue weighted by molar-refractivity contribution is 7.20. The fourth-order valence-corrected chi connectivity index (χ4v) is 2.90. The van der Waals surface area contributed by atoms with Crippen LogP contribution in [0.1, 0.15) is 20.7 Å². The lowest BCUT2D eigenvalue weighted by Gasteiger charge is -2.04. The molecule has 0 spiro atoms. The van der Waals surface area contributed by atoms with Crippen LogP contribution in [0.2, 0.25) is 8.67 Å². The average Bonchev–Trinajstić information content (AvgIpc) is 2.75. The molecule has 19 heavy (non-hydrogen) atoms. The minimum atomic E-state index is -0.243. The predicted molar refractivity (Wildman–Crippen MR) is 76.0 cm³/mol. The number of ether oxygens (including phenoxy) is 1. The van der Waals surface area contributed by atoms with Crippen molar-refractivity contribution in [1.82, 2.24) is 0 Å². The number of thiophene rings is 1. The van der Waals surface area contributed by atoms with Crippen molar-refractivity contribution in [3.05, 3.63) is 50.1 Å². The van der Waals surface area contributed by atoms with Crippen molar-refractivity contribution in [2.24, 2.45) is 0 Å². The van der Waals surface area contributed by atoms with Gasteiger partial charge in [-0.05, 0) is 30.3 Å². The first-order chi connectivity index (χ1) is 9.10. The van der Waals surface area contributed by atoms with E-state index < -0.39 is 0 Å². The van der Waals surface area contributed by atoms with E-state index in [0.29, 0.717) is 25.5 Å². The monoisotopic (exact) mass is 314 g/mol. The Kier molecular flexibility index (Phi) is 4.58. The van der Waals surface area contributed by atoms with Crippen molar-refractivity contribution in [1.29, 1.82) is 0 Å². The molecular weight excluding hydrogens is 307 g/mol. The Labute approximate surface area is 123 Å². The summed E-state index contributed by atoms with van der Waals surface area (Å²) >= 11 is 12.8. The number of halogens is 2. The number of hydrogen-bond acceptors (Lipinski definition) is 4. The molecule has 0 aliphatic carbocycles. The molecule has 0 unspecified atom stereocenters. The molecule has 0 aliphatic heterocycles. The van der Waals surface area contributed by atoms with Crippen molar-refractivity contribution >= 4 is 46.6 Å². The standard InChI is InChI=1S/C13H8Cl2O3S/c14-12-5-10(13(15)19-12)11(17)7-18-9-3-1-8(6-16)2-4-9/h1-6H,7H2. The molecule has 1 aromatic carbocycles. The van der Waals surface area contributed by atoms with Crippen LogP contribution in [0, 0.1) is 0 Å². The van der Waals surface area contributed by atoms with Crippen LogP contribution in [-0.4, -0.2) is 18.7 Å². The highest BCUT2D eigenvalue weighted by atomic mass is 35.5. The van der Waals surface area contributed by atoms with Gasteiger partial charge in [0.05, 0.1) is 9.90 Å². The molecule has 0 saturated heterocycles. The minimum Gasteiger partial charge on any atom is -0.485 e. The Hall–Kier alpha value is -1.36. The highest BCUT2D eigenvalue weighted by Gasteiger charge is 2.14. The molecule has 0 aliphatic rings. The zero-order valence-electron chi connectivity index (χ0n) is 9.56. The number of ketones is 1. The first-order valence-electron chi connectivity index (χ1n) is 5.26. The van der Waals surface area contributed by atoms with Gasteiger partial charge in [0.25, 0.3) is 0 Å². The van der Waals surface area contributed by atoms with E-state index in [2.05, 4.69) is 0 Å². The van der Waals surface area contributed by atoms with Gasteiger partial charge in [0.1, 0.15) is 16.4 Å². The first-order valence-corrected chi connectivity index (χ1v) is 6.83. The van der Waals surface area contributed by atoms with E-state index in [0.717, 1.165) is 17.6 Å². The molecule has 0 radical (unpaired) electrons. The number of hydrogen-bond donors (Lipinski definition) is 0. The van der Waals surface area contributed by atoms with Crippen molar-refractivity contribution in [2.75, 3.05) is 6.61 Å². The van der Waals surface area contributed by atoms with E-state index in [1.165, 1.54) is 6.07 Å². The zero-order valence-corrected chi connectivity index (χ0v) is 11.9. The van der Waals surface area contributed by atoms with Crippen molar-refractivity contribution in [3.8, 4) is 5.75 Å². The summed E-state index contributed by atoms with van der Waals surface area (Å²) in [4.78, 5) is 22.3. The molecule has 1 heterocycles. The van der Waals surface area contributed by atoms with E-state index >= 15 is 0 Å². The molecule has 0 fully saturated rings. The molecule has 0 atom stereocenters. The summed E-state index contributed by atoms with van der Waals surface area (Å²) in [6.07, 6.45) is 0.738. The summed E-state index contributed by atoms with van der Waals surface area (Å²) in [7, 11) is 0. The number of Topliss-reactive ketones (excluding diaryl/α,β-unsaturated/α-hetero) is 1. The lowest BCUT2D eigenvalue weighted by Crippen LogP contribution is -2.11. The largest absolute Gasteiger partial charge is 0.485 e. The third-order valence-electron chi connectivity index (χ3n) is 2.34. The minimum absolute atomic E-state index is 0.132. The van der Waals surface area contributed by atoms with Crippen LogP contribution in [-0.2, 0) is 0 Å². The average molecular weight is 315 g/mol. The van der Waals surface area contributed by atoms with E-state index in [9.17, 15) is 9.59 Å². The number of carbonyl (C=O) groups excluding carboxylic acids is 2. The smallest absolute Gasteiger partial charge is 0.202 e. The second-order valence-corrected chi connectivity index (χ2v) is 5.92. The molecule has 6 heteroatoms. The van der Waals surface area contributed by atoms with Gasteiger partial charge in [0.15, 0.2) is 6.61 Å². The molecule has 0 bridgehead atoms. The molecule has 2 aromatic rings. The van der Waals surface area contributed by atoms with E-state index in [1.807, 2.05) is 0 Å². The van der Waals surface area contributed by atoms with Crippen LogP contribution in [0.5, 0.6) is 5.75 Å². The summed E-state index contributed by atoms with van der Waals surface area (Å²) in [5, 5.41) is 0. The van der Waals surface area contributed by atoms with Gasteiger partial charge < -0.3 is 4.74 Å². The van der Waals surface area contributed by atoms with Crippen LogP contribution in [0.4, 0.5) is 0 Å². The van der Waals surface area contributed by atoms with Gasteiger partial charge in [0, 0.05) is 5.56 Å². The zero-order chi connectivity index (χ0) is 13.8. The maximum atomic E-state index is 11.9. The first kappa shape index (κ1) is 14.1. The Morgan fingerprint density at radius 3 is 2.47 bits per heavy atom. The SMILES string of the molecule is O=Cc1ccc(OCC(=O)c2cc(Cl)sc2Cl)cc1. The van der Waals surface area contributed by atoms with E-state index in [4.69, 9.17) is 27.9 Å². The van der Waals surface area contributed by atoms with Crippen molar-refractivity contribution in [3.63, 3.8) is 0 Å². The number of carbonyl (C=O) groups is 2. The third kappa shape index (κ3) is 3.56. The lowest BCUT2D eigenvalue weighted by atomic mass is 10.2. The summed E-state index contributed by atoms with van der Waals surface area (Å²) in [6.45, 7) is -0.132. The Bertz CT molecular complexity index is 605. The Balaban J connectivity index is 2.00. The predicted octanol–water partition coefficient (Wildman–Crippen LogP) is 4.13. The quantitative estimate of drug-likeness (QED) is 0.615. The van der Waals surface area contributed by atoms with E-state index in [-0.39, 0.29) is 12.4 Å². The van der Waals surface area contributed by atoms with Crippen LogP contribution in [0.25, 0.3) is 0 Å². The normalized spacial score (nSPS) is 10.2. The van der Waals surface area contributed by atoms with Crippen molar-refractivity contribution < 1.29 is 14.3 Å².